The Bertz CT molecular complexity index is 701. The minimum atomic E-state index is -0.250. The Balaban J connectivity index is 0.000000701. The van der Waals surface area contributed by atoms with Crippen LogP contribution in [0.1, 0.15) is 17.3 Å². The maximum Gasteiger partial charge on any atom is 0.290 e. The third-order valence-corrected chi connectivity index (χ3v) is 3.83. The molecule has 1 aliphatic rings. The number of aromatic hydroxyl groups is 1. The summed E-state index contributed by atoms with van der Waals surface area (Å²) in [5.41, 5.74) is 2.38. The number of aromatic nitrogens is 1. The molecule has 1 amide bonds. The first-order valence-electron chi connectivity index (χ1n) is 7.91. The molecule has 1 unspecified atom stereocenters. The molecule has 0 radical (unpaired) electrons. The number of rotatable bonds is 2. The predicted molar refractivity (Wildman–Crippen MR) is 93.4 cm³/mol. The molecule has 132 valence electrons. The van der Waals surface area contributed by atoms with Crippen LogP contribution in [0.3, 0.4) is 0 Å². The van der Waals surface area contributed by atoms with Crippen molar-refractivity contribution < 1.29 is 19.8 Å². The summed E-state index contributed by atoms with van der Waals surface area (Å²) in [6, 6.07) is 11.1. The molecule has 1 aromatic carbocycles. The van der Waals surface area contributed by atoms with Crippen molar-refractivity contribution in [3.05, 3.63) is 48.2 Å². The molecule has 0 saturated carbocycles. The van der Waals surface area contributed by atoms with E-state index in [-0.39, 0.29) is 18.1 Å². The molecule has 2 aromatic rings. The lowest BCUT2D eigenvalue weighted by atomic mass is 10.1. The SMILES string of the molecule is CC1CN(C(=O)c2ccc(-c3ccc(O)cn3)cc2)CCN1.O=CO. The van der Waals surface area contributed by atoms with Gasteiger partial charge >= 0.3 is 0 Å². The minimum absolute atomic E-state index is 0.0681. The fourth-order valence-electron chi connectivity index (χ4n) is 2.64. The highest BCUT2D eigenvalue weighted by molar-refractivity contribution is 5.94. The van der Waals surface area contributed by atoms with Gasteiger partial charge in [0.25, 0.3) is 12.4 Å². The zero-order valence-electron chi connectivity index (χ0n) is 13.9. The van der Waals surface area contributed by atoms with Crippen molar-refractivity contribution in [1.82, 2.24) is 15.2 Å². The van der Waals surface area contributed by atoms with Crippen LogP contribution in [0.15, 0.2) is 42.6 Å². The lowest BCUT2D eigenvalue weighted by Gasteiger charge is -2.32. The first-order chi connectivity index (χ1) is 12.0. The fraction of sp³-hybridized carbons (Fsp3) is 0.278. The summed E-state index contributed by atoms with van der Waals surface area (Å²) in [7, 11) is 0. The predicted octanol–water partition coefficient (Wildman–Crippen LogP) is 1.59. The molecular weight excluding hydrogens is 322 g/mol. The largest absolute Gasteiger partial charge is 0.506 e. The van der Waals surface area contributed by atoms with E-state index in [1.165, 1.54) is 6.20 Å². The summed E-state index contributed by atoms with van der Waals surface area (Å²) in [6.07, 6.45) is 1.41. The van der Waals surface area contributed by atoms with Crippen LogP contribution in [-0.2, 0) is 4.79 Å². The van der Waals surface area contributed by atoms with Gasteiger partial charge in [0.1, 0.15) is 5.75 Å². The summed E-state index contributed by atoms with van der Waals surface area (Å²) in [5, 5.41) is 19.5. The van der Waals surface area contributed by atoms with Crippen LogP contribution in [0.25, 0.3) is 11.3 Å². The maximum atomic E-state index is 12.5. The number of pyridine rings is 1. The van der Waals surface area contributed by atoms with Crippen LogP contribution in [-0.4, -0.2) is 58.2 Å². The summed E-state index contributed by atoms with van der Waals surface area (Å²) < 4.78 is 0. The van der Waals surface area contributed by atoms with Crippen molar-refractivity contribution in [3.63, 3.8) is 0 Å². The smallest absolute Gasteiger partial charge is 0.290 e. The first kappa shape index (κ1) is 18.4. The van der Waals surface area contributed by atoms with Crippen molar-refractivity contribution in [2.45, 2.75) is 13.0 Å². The van der Waals surface area contributed by atoms with Crippen LogP contribution in [0.4, 0.5) is 0 Å². The normalized spacial score (nSPS) is 16.5. The number of benzene rings is 1. The fourth-order valence-corrected chi connectivity index (χ4v) is 2.64. The number of nitrogens with zero attached hydrogens (tertiary/aromatic N) is 2. The molecule has 25 heavy (non-hydrogen) atoms. The first-order valence-corrected chi connectivity index (χ1v) is 7.91. The number of amides is 1. The molecule has 1 atom stereocenters. The average molecular weight is 343 g/mol. The van der Waals surface area contributed by atoms with Crippen LogP contribution < -0.4 is 5.32 Å². The molecule has 0 aliphatic carbocycles. The zero-order valence-corrected chi connectivity index (χ0v) is 13.9. The number of piperazine rings is 1. The number of carbonyl (C=O) groups excluding carboxylic acids is 1. The summed E-state index contributed by atoms with van der Waals surface area (Å²) in [5.74, 6) is 0.210. The Labute approximate surface area is 145 Å². The second-order valence-electron chi connectivity index (χ2n) is 5.69. The molecule has 3 N–H and O–H groups in total. The van der Waals surface area contributed by atoms with E-state index in [0.717, 1.165) is 30.9 Å². The van der Waals surface area contributed by atoms with Crippen molar-refractivity contribution >= 4 is 12.4 Å². The molecule has 3 rings (SSSR count). The molecule has 7 heteroatoms. The van der Waals surface area contributed by atoms with Crippen LogP contribution in [0.5, 0.6) is 5.75 Å². The third kappa shape index (κ3) is 5.02. The van der Waals surface area contributed by atoms with E-state index < -0.39 is 0 Å². The Kier molecular flexibility index (Phi) is 6.47. The number of hydrogen-bond donors (Lipinski definition) is 3. The molecule has 1 fully saturated rings. The second kappa shape index (κ2) is 8.79. The van der Waals surface area contributed by atoms with Gasteiger partial charge in [0.2, 0.25) is 0 Å². The standard InChI is InChI=1S/C17H19N3O2.CH2O2/c1-12-11-20(9-8-18-12)17(22)14-4-2-13(3-5-14)16-7-6-15(21)10-19-16;2-1-3/h2-7,10,12,18,21H,8-9,11H2,1H3;1H,(H,2,3). The van der Waals surface area contributed by atoms with E-state index in [4.69, 9.17) is 9.90 Å². The van der Waals surface area contributed by atoms with Gasteiger partial charge in [-0.05, 0) is 31.2 Å². The van der Waals surface area contributed by atoms with Crippen LogP contribution >= 0.6 is 0 Å². The summed E-state index contributed by atoms with van der Waals surface area (Å²) in [6.45, 7) is 4.14. The van der Waals surface area contributed by atoms with Gasteiger partial charge in [-0.15, -0.1) is 0 Å². The topological polar surface area (TPSA) is 103 Å². The number of hydrogen-bond acceptors (Lipinski definition) is 5. The van der Waals surface area contributed by atoms with E-state index in [9.17, 15) is 9.90 Å². The Morgan fingerprint density at radius 3 is 2.52 bits per heavy atom. The Hall–Kier alpha value is -2.93. The Morgan fingerprint density at radius 1 is 1.28 bits per heavy atom. The monoisotopic (exact) mass is 343 g/mol. The number of nitrogens with one attached hydrogen (secondary N) is 1. The van der Waals surface area contributed by atoms with Gasteiger partial charge in [-0.3, -0.25) is 14.6 Å². The van der Waals surface area contributed by atoms with Crippen LogP contribution in [0, 0.1) is 0 Å². The molecule has 0 spiro atoms. The molecular formula is C18H21N3O4. The molecule has 2 heterocycles. The van der Waals surface area contributed by atoms with Gasteiger partial charge in [-0.2, -0.15) is 0 Å². The molecule has 7 nitrogen and oxygen atoms in total. The van der Waals surface area contributed by atoms with E-state index in [1.54, 1.807) is 12.1 Å². The maximum absolute atomic E-state index is 12.5. The van der Waals surface area contributed by atoms with E-state index >= 15 is 0 Å². The van der Waals surface area contributed by atoms with Crippen molar-refractivity contribution in [2.24, 2.45) is 0 Å². The van der Waals surface area contributed by atoms with Gasteiger partial charge in [-0.25, -0.2) is 0 Å². The second-order valence-corrected chi connectivity index (χ2v) is 5.69. The molecule has 1 aromatic heterocycles. The van der Waals surface area contributed by atoms with E-state index in [0.29, 0.717) is 11.6 Å². The quantitative estimate of drug-likeness (QED) is 0.716. The number of carboxylic acid groups (broad SMARTS) is 1. The zero-order chi connectivity index (χ0) is 18.2. The summed E-state index contributed by atoms with van der Waals surface area (Å²) in [4.78, 5) is 26.9. The van der Waals surface area contributed by atoms with E-state index in [1.807, 2.05) is 29.2 Å². The van der Waals surface area contributed by atoms with Crippen LogP contribution in [0.2, 0.25) is 0 Å². The third-order valence-electron chi connectivity index (χ3n) is 3.83. The Morgan fingerprint density at radius 2 is 1.96 bits per heavy atom. The van der Waals surface area contributed by atoms with Gasteiger partial charge in [0, 0.05) is 36.8 Å². The minimum Gasteiger partial charge on any atom is -0.506 e. The van der Waals surface area contributed by atoms with Gasteiger partial charge < -0.3 is 20.4 Å². The van der Waals surface area contributed by atoms with Gasteiger partial charge in [0.15, 0.2) is 0 Å². The molecule has 1 saturated heterocycles. The lowest BCUT2D eigenvalue weighted by molar-refractivity contribution is -0.122. The van der Waals surface area contributed by atoms with Crippen molar-refractivity contribution in [1.29, 1.82) is 0 Å². The molecule has 0 bridgehead atoms. The average Bonchev–Trinajstić information content (AvgIpc) is 2.63. The summed E-state index contributed by atoms with van der Waals surface area (Å²) >= 11 is 0. The van der Waals surface area contributed by atoms with Gasteiger partial charge in [0.05, 0.1) is 11.9 Å². The number of carbonyl (C=O) groups is 2. The lowest BCUT2D eigenvalue weighted by Crippen LogP contribution is -2.51. The van der Waals surface area contributed by atoms with E-state index in [2.05, 4.69) is 17.2 Å². The van der Waals surface area contributed by atoms with Crippen molar-refractivity contribution in [3.8, 4) is 17.0 Å². The highest BCUT2D eigenvalue weighted by Gasteiger charge is 2.21. The highest BCUT2D eigenvalue weighted by atomic mass is 16.3. The van der Waals surface area contributed by atoms with Crippen molar-refractivity contribution in [2.75, 3.05) is 19.6 Å². The highest BCUT2D eigenvalue weighted by Crippen LogP contribution is 2.20. The molecule has 1 aliphatic heterocycles. The van der Waals surface area contributed by atoms with Gasteiger partial charge in [-0.1, -0.05) is 12.1 Å².